The molecule has 0 aliphatic carbocycles. The number of anilines is 1. The first-order chi connectivity index (χ1) is 16.3. The second-order valence-electron chi connectivity index (χ2n) is 7.55. The van der Waals surface area contributed by atoms with Crippen LogP contribution in [-0.4, -0.2) is 43.6 Å². The molecule has 2 atom stereocenters. The van der Waals surface area contributed by atoms with Crippen molar-refractivity contribution in [1.82, 2.24) is 10.3 Å². The number of nitrogens with zero attached hydrogens (tertiary/aromatic N) is 2. The molecule has 0 bridgehead atoms. The van der Waals surface area contributed by atoms with E-state index < -0.39 is 35.4 Å². The van der Waals surface area contributed by atoms with Crippen LogP contribution in [-0.2, 0) is 4.79 Å². The minimum atomic E-state index is -1.27. The lowest BCUT2D eigenvalue weighted by Crippen LogP contribution is -2.44. The molecule has 1 fully saturated rings. The standard InChI is InChI=1S/C24H20ClF2N3O4/c1-33-15-10-17(26)20(18(27)11-15)16-12-30(22-19(34-2)4-3-9-28-22)24(32)21(16)29-23(31)13-5-7-14(25)8-6-13/h3-11,16,21H,12H2,1-2H3,(H,29,31)/t16-,21-/m0/s1. The molecule has 0 radical (unpaired) electrons. The topological polar surface area (TPSA) is 80.8 Å². The summed E-state index contributed by atoms with van der Waals surface area (Å²) in [6, 6.07) is 10.1. The largest absolute Gasteiger partial charge is 0.497 e. The molecule has 0 spiro atoms. The molecular weight excluding hydrogens is 468 g/mol. The first kappa shape index (κ1) is 23.4. The molecule has 0 unspecified atom stereocenters. The Balaban J connectivity index is 1.76. The average molecular weight is 488 g/mol. The molecule has 1 aliphatic rings. The molecule has 1 N–H and O–H groups in total. The molecule has 1 saturated heterocycles. The van der Waals surface area contributed by atoms with Gasteiger partial charge in [0, 0.05) is 46.9 Å². The number of methoxy groups -OCH3 is 2. The Kier molecular flexibility index (Phi) is 6.65. The van der Waals surface area contributed by atoms with E-state index in [2.05, 4.69) is 10.3 Å². The maximum absolute atomic E-state index is 15.0. The number of hydrogen-bond acceptors (Lipinski definition) is 5. The van der Waals surface area contributed by atoms with E-state index in [1.807, 2.05) is 0 Å². The van der Waals surface area contributed by atoms with Crippen molar-refractivity contribution in [3.05, 3.63) is 82.5 Å². The number of aromatic nitrogens is 1. The minimum absolute atomic E-state index is 0.00641. The van der Waals surface area contributed by atoms with Crippen LogP contribution in [0.5, 0.6) is 11.5 Å². The molecule has 0 saturated carbocycles. The van der Waals surface area contributed by atoms with E-state index in [9.17, 15) is 9.59 Å². The maximum atomic E-state index is 15.0. The molecule has 3 aromatic rings. The molecule has 34 heavy (non-hydrogen) atoms. The minimum Gasteiger partial charge on any atom is -0.497 e. The van der Waals surface area contributed by atoms with Gasteiger partial charge in [0.2, 0.25) is 0 Å². The average Bonchev–Trinajstić information content (AvgIpc) is 3.14. The third-order valence-corrected chi connectivity index (χ3v) is 5.84. The summed E-state index contributed by atoms with van der Waals surface area (Å²) in [5.74, 6) is -3.55. The summed E-state index contributed by atoms with van der Waals surface area (Å²) >= 11 is 5.88. The van der Waals surface area contributed by atoms with Gasteiger partial charge in [0.15, 0.2) is 11.6 Å². The van der Waals surface area contributed by atoms with Crippen LogP contribution < -0.4 is 19.7 Å². The number of rotatable bonds is 6. The predicted octanol–water partition coefficient (Wildman–Crippen LogP) is 3.96. The molecular formula is C24H20ClF2N3O4. The predicted molar refractivity (Wildman–Crippen MR) is 121 cm³/mol. The van der Waals surface area contributed by atoms with Gasteiger partial charge in [0.1, 0.15) is 23.4 Å². The van der Waals surface area contributed by atoms with Crippen molar-refractivity contribution < 1.29 is 27.8 Å². The van der Waals surface area contributed by atoms with Crippen LogP contribution in [0.4, 0.5) is 14.6 Å². The van der Waals surface area contributed by atoms with Crippen molar-refractivity contribution in [2.45, 2.75) is 12.0 Å². The van der Waals surface area contributed by atoms with Gasteiger partial charge in [-0.25, -0.2) is 13.8 Å². The fraction of sp³-hybridized carbons (Fsp3) is 0.208. The Labute approximate surface area is 199 Å². The first-order valence-corrected chi connectivity index (χ1v) is 10.6. The summed E-state index contributed by atoms with van der Waals surface area (Å²) in [5, 5.41) is 3.06. The molecule has 10 heteroatoms. The number of benzene rings is 2. The van der Waals surface area contributed by atoms with Crippen molar-refractivity contribution in [1.29, 1.82) is 0 Å². The number of pyridine rings is 1. The van der Waals surface area contributed by atoms with Gasteiger partial charge >= 0.3 is 0 Å². The van der Waals surface area contributed by atoms with E-state index in [-0.39, 0.29) is 29.2 Å². The summed E-state index contributed by atoms with van der Waals surface area (Å²) in [6.07, 6.45) is 1.47. The Morgan fingerprint density at radius 1 is 1.12 bits per heavy atom. The normalized spacial score (nSPS) is 17.6. The lowest BCUT2D eigenvalue weighted by atomic mass is 9.92. The highest BCUT2D eigenvalue weighted by Crippen LogP contribution is 2.38. The number of nitrogens with one attached hydrogen (secondary N) is 1. The van der Waals surface area contributed by atoms with Gasteiger partial charge < -0.3 is 14.8 Å². The van der Waals surface area contributed by atoms with Gasteiger partial charge in [-0.15, -0.1) is 0 Å². The zero-order valence-corrected chi connectivity index (χ0v) is 19.0. The monoisotopic (exact) mass is 487 g/mol. The lowest BCUT2D eigenvalue weighted by molar-refractivity contribution is -0.118. The van der Waals surface area contributed by atoms with E-state index in [0.29, 0.717) is 10.8 Å². The third-order valence-electron chi connectivity index (χ3n) is 5.59. The number of hydrogen-bond donors (Lipinski definition) is 1. The van der Waals surface area contributed by atoms with Crippen LogP contribution in [0, 0.1) is 11.6 Å². The SMILES string of the molecule is COc1cc(F)c([C@@H]2CN(c3ncccc3OC)C(=O)[C@H]2NC(=O)c2ccc(Cl)cc2)c(F)c1. The molecule has 2 amide bonds. The highest BCUT2D eigenvalue weighted by atomic mass is 35.5. The van der Waals surface area contributed by atoms with E-state index in [0.717, 1.165) is 12.1 Å². The number of carbonyl (C=O) groups is 2. The van der Waals surface area contributed by atoms with Crippen molar-refractivity contribution in [2.24, 2.45) is 0 Å². The summed E-state index contributed by atoms with van der Waals surface area (Å²) < 4.78 is 40.3. The zero-order chi connectivity index (χ0) is 24.4. The number of amides is 2. The highest BCUT2D eigenvalue weighted by Gasteiger charge is 2.46. The van der Waals surface area contributed by atoms with Gasteiger partial charge in [0.05, 0.1) is 14.2 Å². The van der Waals surface area contributed by atoms with Crippen LogP contribution in [0.2, 0.25) is 5.02 Å². The molecule has 2 aromatic carbocycles. The Hall–Kier alpha value is -3.72. The molecule has 176 valence electrons. The van der Waals surface area contributed by atoms with Gasteiger partial charge in [-0.05, 0) is 36.4 Å². The highest BCUT2D eigenvalue weighted by molar-refractivity contribution is 6.30. The molecule has 1 aromatic heterocycles. The smallest absolute Gasteiger partial charge is 0.251 e. The number of ether oxygens (including phenoxy) is 2. The summed E-state index contributed by atoms with van der Waals surface area (Å²) in [5.41, 5.74) is -0.103. The van der Waals surface area contributed by atoms with Crippen LogP contribution in [0.3, 0.4) is 0 Å². The number of halogens is 3. The van der Waals surface area contributed by atoms with Gasteiger partial charge in [-0.2, -0.15) is 0 Å². The lowest BCUT2D eigenvalue weighted by Gasteiger charge is -2.20. The summed E-state index contributed by atoms with van der Waals surface area (Å²) in [4.78, 5) is 31.8. The first-order valence-electron chi connectivity index (χ1n) is 10.2. The number of carbonyl (C=O) groups excluding carboxylic acids is 2. The Morgan fingerprint density at radius 3 is 2.41 bits per heavy atom. The fourth-order valence-electron chi connectivity index (χ4n) is 3.95. The van der Waals surface area contributed by atoms with Crippen molar-refractivity contribution >= 4 is 29.2 Å². The van der Waals surface area contributed by atoms with Gasteiger partial charge in [0.25, 0.3) is 11.8 Å². The molecule has 1 aliphatic heterocycles. The van der Waals surface area contributed by atoms with Gasteiger partial charge in [-0.1, -0.05) is 11.6 Å². The van der Waals surface area contributed by atoms with Crippen LogP contribution >= 0.6 is 11.6 Å². The Bertz CT molecular complexity index is 1220. The zero-order valence-electron chi connectivity index (χ0n) is 18.2. The van der Waals surface area contributed by atoms with Crippen LogP contribution in [0.25, 0.3) is 0 Å². The van der Waals surface area contributed by atoms with Crippen LogP contribution in [0.1, 0.15) is 21.8 Å². The van der Waals surface area contributed by atoms with E-state index in [4.69, 9.17) is 21.1 Å². The molecule has 4 rings (SSSR count). The van der Waals surface area contributed by atoms with Crippen LogP contribution in [0.15, 0.2) is 54.7 Å². The van der Waals surface area contributed by atoms with E-state index in [1.165, 1.54) is 49.6 Å². The second kappa shape index (κ2) is 9.64. The van der Waals surface area contributed by atoms with E-state index in [1.54, 1.807) is 12.1 Å². The quantitative estimate of drug-likeness (QED) is 0.569. The summed E-state index contributed by atoms with van der Waals surface area (Å²) in [6.45, 7) is -0.141. The van der Waals surface area contributed by atoms with Crippen molar-refractivity contribution in [3.63, 3.8) is 0 Å². The van der Waals surface area contributed by atoms with E-state index >= 15 is 8.78 Å². The molecule has 7 nitrogen and oxygen atoms in total. The summed E-state index contributed by atoms with van der Waals surface area (Å²) in [7, 11) is 2.71. The fourth-order valence-corrected chi connectivity index (χ4v) is 4.07. The maximum Gasteiger partial charge on any atom is 0.251 e. The van der Waals surface area contributed by atoms with Gasteiger partial charge in [-0.3, -0.25) is 14.5 Å². The van der Waals surface area contributed by atoms with Crippen molar-refractivity contribution in [2.75, 3.05) is 25.7 Å². The third kappa shape index (κ3) is 4.38. The Morgan fingerprint density at radius 2 is 1.79 bits per heavy atom. The second-order valence-corrected chi connectivity index (χ2v) is 7.98. The molecule has 2 heterocycles. The van der Waals surface area contributed by atoms with Crippen molar-refractivity contribution in [3.8, 4) is 11.5 Å².